The van der Waals surface area contributed by atoms with E-state index in [2.05, 4.69) is 10.3 Å². The molecule has 4 rings (SSSR count). The number of para-hydroxylation sites is 1. The van der Waals surface area contributed by atoms with Gasteiger partial charge in [0, 0.05) is 5.56 Å². The lowest BCUT2D eigenvalue weighted by molar-refractivity contribution is -0.126. The smallest absolute Gasteiger partial charge is 0.266 e. The number of nitrogens with zero attached hydrogens (tertiary/aromatic N) is 2. The second kappa shape index (κ2) is 7.78. The van der Waals surface area contributed by atoms with E-state index in [0.717, 1.165) is 22.0 Å². The molecule has 2 amide bonds. The first kappa shape index (κ1) is 18.7. The molecular formula is C19H12FN3O2S3. The topological polar surface area (TPSA) is 62.3 Å². The van der Waals surface area contributed by atoms with Gasteiger partial charge in [-0.3, -0.25) is 14.5 Å². The minimum Gasteiger partial charge on any atom is -0.300 e. The number of halogens is 1. The predicted octanol–water partition coefficient (Wildman–Crippen LogP) is 4.28. The van der Waals surface area contributed by atoms with Crippen molar-refractivity contribution >= 4 is 72.9 Å². The molecule has 0 saturated carbocycles. The van der Waals surface area contributed by atoms with Crippen LogP contribution >= 0.6 is 35.3 Å². The number of thiazole rings is 1. The van der Waals surface area contributed by atoms with Crippen molar-refractivity contribution < 1.29 is 14.0 Å². The number of thioether (sulfide) groups is 1. The summed E-state index contributed by atoms with van der Waals surface area (Å²) >= 11 is 7.62. The number of aromatic nitrogens is 1. The Balaban J connectivity index is 1.47. The monoisotopic (exact) mass is 429 g/mol. The Labute approximate surface area is 173 Å². The highest BCUT2D eigenvalue weighted by atomic mass is 32.2. The van der Waals surface area contributed by atoms with Crippen LogP contribution in [0.15, 0.2) is 53.4 Å². The van der Waals surface area contributed by atoms with Gasteiger partial charge in [-0.05, 0) is 24.3 Å². The van der Waals surface area contributed by atoms with Crippen LogP contribution in [0.1, 0.15) is 5.56 Å². The molecule has 0 unspecified atom stereocenters. The van der Waals surface area contributed by atoms with Crippen molar-refractivity contribution in [3.05, 3.63) is 64.8 Å². The third-order valence-electron chi connectivity index (χ3n) is 3.91. The zero-order valence-electron chi connectivity index (χ0n) is 14.2. The van der Waals surface area contributed by atoms with Crippen molar-refractivity contribution in [1.82, 2.24) is 9.88 Å². The van der Waals surface area contributed by atoms with E-state index in [1.165, 1.54) is 28.4 Å². The maximum atomic E-state index is 13.8. The molecule has 1 aliphatic rings. The number of benzene rings is 2. The Kier molecular flexibility index (Phi) is 5.21. The van der Waals surface area contributed by atoms with Crippen LogP contribution in [0.4, 0.5) is 9.52 Å². The summed E-state index contributed by atoms with van der Waals surface area (Å²) in [6.45, 7) is -0.227. The highest BCUT2D eigenvalue weighted by molar-refractivity contribution is 8.26. The number of hydrogen-bond acceptors (Lipinski definition) is 6. The Hall–Kier alpha value is -2.62. The van der Waals surface area contributed by atoms with Crippen LogP contribution in [0.2, 0.25) is 0 Å². The van der Waals surface area contributed by atoms with E-state index in [1.54, 1.807) is 18.2 Å². The van der Waals surface area contributed by atoms with Crippen molar-refractivity contribution in [3.8, 4) is 0 Å². The van der Waals surface area contributed by atoms with E-state index in [-0.39, 0.29) is 15.8 Å². The molecule has 5 nitrogen and oxygen atoms in total. The molecule has 1 N–H and O–H groups in total. The van der Waals surface area contributed by atoms with E-state index >= 15 is 0 Å². The van der Waals surface area contributed by atoms with Gasteiger partial charge < -0.3 is 5.32 Å². The summed E-state index contributed by atoms with van der Waals surface area (Å²) in [4.78, 5) is 30.8. The molecule has 1 aromatic heterocycles. The number of nitrogens with one attached hydrogen (secondary N) is 1. The summed E-state index contributed by atoms with van der Waals surface area (Å²) in [5.41, 5.74) is 1.09. The summed E-state index contributed by atoms with van der Waals surface area (Å²) < 4.78 is 15.0. The molecular weight excluding hydrogens is 417 g/mol. The molecule has 28 heavy (non-hydrogen) atoms. The van der Waals surface area contributed by atoms with E-state index in [1.807, 2.05) is 24.3 Å². The second-order valence-electron chi connectivity index (χ2n) is 5.82. The number of rotatable bonds is 4. The lowest BCUT2D eigenvalue weighted by Gasteiger charge is -2.13. The minimum absolute atomic E-state index is 0.227. The third-order valence-corrected chi connectivity index (χ3v) is 6.24. The summed E-state index contributed by atoms with van der Waals surface area (Å²) in [5, 5.41) is 3.16. The number of hydrogen-bond donors (Lipinski definition) is 1. The van der Waals surface area contributed by atoms with Crippen molar-refractivity contribution in [3.63, 3.8) is 0 Å². The van der Waals surface area contributed by atoms with Crippen LogP contribution < -0.4 is 5.32 Å². The Morgan fingerprint density at radius 2 is 1.96 bits per heavy atom. The van der Waals surface area contributed by atoms with Crippen LogP contribution in [0.5, 0.6) is 0 Å². The van der Waals surface area contributed by atoms with Crippen LogP contribution in [-0.4, -0.2) is 32.6 Å². The van der Waals surface area contributed by atoms with Gasteiger partial charge in [-0.25, -0.2) is 9.37 Å². The number of carbonyl (C=O) groups excluding carboxylic acids is 2. The molecule has 140 valence electrons. The average Bonchev–Trinajstić information content (AvgIpc) is 3.19. The molecule has 1 aliphatic heterocycles. The van der Waals surface area contributed by atoms with Gasteiger partial charge >= 0.3 is 0 Å². The first-order chi connectivity index (χ1) is 13.5. The average molecular weight is 430 g/mol. The van der Waals surface area contributed by atoms with Gasteiger partial charge in [0.15, 0.2) is 5.13 Å². The molecule has 1 fully saturated rings. The van der Waals surface area contributed by atoms with Crippen LogP contribution in [0, 0.1) is 5.82 Å². The summed E-state index contributed by atoms with van der Waals surface area (Å²) in [6.07, 6.45) is 1.44. The van der Waals surface area contributed by atoms with Gasteiger partial charge in [-0.2, -0.15) is 0 Å². The molecule has 1 saturated heterocycles. The quantitative estimate of drug-likeness (QED) is 0.496. The Morgan fingerprint density at radius 3 is 2.75 bits per heavy atom. The highest BCUT2D eigenvalue weighted by Crippen LogP contribution is 2.33. The third kappa shape index (κ3) is 3.82. The number of anilines is 1. The van der Waals surface area contributed by atoms with Gasteiger partial charge in [0.2, 0.25) is 5.91 Å². The number of amides is 2. The van der Waals surface area contributed by atoms with E-state index in [4.69, 9.17) is 12.2 Å². The van der Waals surface area contributed by atoms with E-state index in [9.17, 15) is 14.0 Å². The minimum atomic E-state index is -0.429. The molecule has 9 heteroatoms. The fraction of sp³-hybridized carbons (Fsp3) is 0.0526. The van der Waals surface area contributed by atoms with Crippen molar-refractivity contribution in [2.75, 3.05) is 11.9 Å². The van der Waals surface area contributed by atoms with E-state index in [0.29, 0.717) is 10.7 Å². The fourth-order valence-corrected chi connectivity index (χ4v) is 4.73. The lowest BCUT2D eigenvalue weighted by Crippen LogP contribution is -2.36. The highest BCUT2D eigenvalue weighted by Gasteiger charge is 2.33. The Morgan fingerprint density at radius 1 is 1.21 bits per heavy atom. The molecule has 0 atom stereocenters. The van der Waals surface area contributed by atoms with Gasteiger partial charge in [-0.1, -0.05) is 65.6 Å². The molecule has 2 heterocycles. The molecule has 0 bridgehead atoms. The van der Waals surface area contributed by atoms with Crippen LogP contribution in [-0.2, 0) is 9.59 Å². The largest absolute Gasteiger partial charge is 0.300 e. The first-order valence-electron chi connectivity index (χ1n) is 8.16. The SMILES string of the molecule is O=C(CN1C(=O)/C(=C/c2ccccc2F)SC1=S)Nc1nc2ccccc2s1. The second-order valence-corrected chi connectivity index (χ2v) is 8.53. The zero-order valence-corrected chi connectivity index (χ0v) is 16.7. The van der Waals surface area contributed by atoms with Crippen molar-refractivity contribution in [2.24, 2.45) is 0 Å². The maximum Gasteiger partial charge on any atom is 0.266 e. The molecule has 2 aromatic carbocycles. The first-order valence-corrected chi connectivity index (χ1v) is 10.2. The Bertz CT molecular complexity index is 1110. The van der Waals surface area contributed by atoms with Gasteiger partial charge in [0.05, 0.1) is 15.1 Å². The van der Waals surface area contributed by atoms with Gasteiger partial charge in [-0.15, -0.1) is 0 Å². The number of carbonyl (C=O) groups is 2. The standard InChI is InChI=1S/C19H12FN3O2S3/c20-12-6-2-1-5-11(12)9-15-17(25)23(19(26)28-15)10-16(24)22-18-21-13-7-3-4-8-14(13)27-18/h1-9H,10H2,(H,21,22,24)/b15-9-. The number of fused-ring (bicyclic) bond motifs is 1. The summed E-state index contributed by atoms with van der Waals surface area (Å²) in [6, 6.07) is 13.7. The molecule has 0 spiro atoms. The van der Waals surface area contributed by atoms with Gasteiger partial charge in [0.25, 0.3) is 5.91 Å². The van der Waals surface area contributed by atoms with Crippen molar-refractivity contribution in [2.45, 2.75) is 0 Å². The maximum absolute atomic E-state index is 13.8. The number of thiocarbonyl (C=S) groups is 1. The summed E-state index contributed by atoms with van der Waals surface area (Å²) in [7, 11) is 0. The summed E-state index contributed by atoms with van der Waals surface area (Å²) in [5.74, 6) is -1.25. The normalized spacial score (nSPS) is 15.6. The van der Waals surface area contributed by atoms with Crippen molar-refractivity contribution in [1.29, 1.82) is 0 Å². The molecule has 0 aliphatic carbocycles. The van der Waals surface area contributed by atoms with E-state index < -0.39 is 17.6 Å². The molecule has 0 radical (unpaired) electrons. The fourth-order valence-electron chi connectivity index (χ4n) is 2.60. The van der Waals surface area contributed by atoms with Gasteiger partial charge in [0.1, 0.15) is 16.7 Å². The lowest BCUT2D eigenvalue weighted by atomic mass is 10.2. The van der Waals surface area contributed by atoms with Crippen LogP contribution in [0.25, 0.3) is 16.3 Å². The predicted molar refractivity (Wildman–Crippen MR) is 115 cm³/mol. The zero-order chi connectivity index (χ0) is 19.7. The molecule has 3 aromatic rings. The van der Waals surface area contributed by atoms with Crippen LogP contribution in [0.3, 0.4) is 0 Å².